The number of carboxylic acid groups (broad SMARTS) is 2. The van der Waals surface area contributed by atoms with Crippen LogP contribution in [0.1, 0.15) is 81.1 Å². The minimum absolute atomic E-state index is 0.0175. The molecule has 3 unspecified atom stereocenters. The number of thioether (sulfide) groups is 1. The van der Waals surface area contributed by atoms with Crippen molar-refractivity contribution in [2.75, 3.05) is 37.1 Å². The summed E-state index contributed by atoms with van der Waals surface area (Å²) < 4.78 is 91.5. The smallest absolute Gasteiger partial charge is 0.453 e. The Labute approximate surface area is 289 Å². The van der Waals surface area contributed by atoms with Crippen molar-refractivity contribution in [1.29, 1.82) is 0 Å². The lowest BCUT2D eigenvalue weighted by molar-refractivity contribution is -0.284. The Bertz CT molecular complexity index is 1390. The summed E-state index contributed by atoms with van der Waals surface area (Å²) in [5, 5.41) is 17.9. The lowest BCUT2D eigenvalue weighted by atomic mass is 9.76. The van der Waals surface area contributed by atoms with Crippen molar-refractivity contribution in [3.05, 3.63) is 53.6 Å². The normalized spacial score (nSPS) is 18.3. The highest BCUT2D eigenvalue weighted by molar-refractivity contribution is 7.99. The Balaban J connectivity index is 1.47. The Kier molecular flexibility index (Phi) is 15.5. The van der Waals surface area contributed by atoms with Gasteiger partial charge in [-0.2, -0.15) is 33.7 Å². The summed E-state index contributed by atoms with van der Waals surface area (Å²) in [7, 11) is -1.41. The average molecular weight is 739 g/mol. The van der Waals surface area contributed by atoms with Crippen LogP contribution in [0.3, 0.4) is 0 Å². The maximum absolute atomic E-state index is 13.0. The van der Waals surface area contributed by atoms with Crippen LogP contribution in [0.15, 0.2) is 42.5 Å². The van der Waals surface area contributed by atoms with Gasteiger partial charge in [0.2, 0.25) is 0 Å². The van der Waals surface area contributed by atoms with Gasteiger partial charge in [-0.15, -0.1) is 0 Å². The SMILES string of the molecule is CC1(c2ccc(OCC(=O)O)cc2)COc2cc(OCC(=O)O)ccc2C1SCCCCCCCCCS(=O)CCCC(F)(F)C(F)(F)F. The van der Waals surface area contributed by atoms with Crippen molar-refractivity contribution in [2.24, 2.45) is 0 Å². The van der Waals surface area contributed by atoms with Crippen LogP contribution in [0.2, 0.25) is 0 Å². The third-order valence-electron chi connectivity index (χ3n) is 8.19. The van der Waals surface area contributed by atoms with Crippen molar-refractivity contribution in [1.82, 2.24) is 0 Å². The zero-order valence-electron chi connectivity index (χ0n) is 27.3. The Morgan fingerprint density at radius 1 is 0.857 bits per heavy atom. The largest absolute Gasteiger partial charge is 0.492 e. The average Bonchev–Trinajstić information content (AvgIpc) is 3.04. The molecule has 0 aromatic heterocycles. The number of hydrogen-bond acceptors (Lipinski definition) is 7. The fraction of sp³-hybridized carbons (Fsp3) is 0.588. The molecule has 8 nitrogen and oxygen atoms in total. The minimum Gasteiger partial charge on any atom is -0.492 e. The number of rotatable bonds is 22. The van der Waals surface area contributed by atoms with Gasteiger partial charge in [-0.05, 0) is 48.8 Å². The van der Waals surface area contributed by atoms with Gasteiger partial charge in [0.05, 0.1) is 6.61 Å². The molecule has 3 atom stereocenters. The van der Waals surface area contributed by atoms with Crippen LogP contribution in [0.5, 0.6) is 17.2 Å². The van der Waals surface area contributed by atoms with Crippen molar-refractivity contribution in [2.45, 2.75) is 87.5 Å². The van der Waals surface area contributed by atoms with Gasteiger partial charge in [0.25, 0.3) is 0 Å². The zero-order valence-corrected chi connectivity index (χ0v) is 28.9. The van der Waals surface area contributed by atoms with E-state index in [1.54, 1.807) is 36.0 Å². The van der Waals surface area contributed by atoms with E-state index in [0.29, 0.717) is 36.0 Å². The van der Waals surface area contributed by atoms with Crippen LogP contribution < -0.4 is 14.2 Å². The number of unbranched alkanes of at least 4 members (excludes halogenated alkanes) is 6. The monoisotopic (exact) mass is 738 g/mol. The second-order valence-corrected chi connectivity index (χ2v) is 15.1. The molecule has 0 radical (unpaired) electrons. The third kappa shape index (κ3) is 12.6. The number of carbonyl (C=O) groups is 2. The Hall–Kier alpha value is -3.07. The van der Waals surface area contributed by atoms with Crippen molar-refractivity contribution >= 4 is 34.5 Å². The predicted molar refractivity (Wildman–Crippen MR) is 178 cm³/mol. The van der Waals surface area contributed by atoms with Gasteiger partial charge in [0.1, 0.15) is 17.2 Å². The van der Waals surface area contributed by atoms with Crippen LogP contribution in [0, 0.1) is 0 Å². The first-order chi connectivity index (χ1) is 23.1. The minimum atomic E-state index is -5.58. The highest BCUT2D eigenvalue weighted by Gasteiger charge is 2.56. The molecule has 2 aromatic carbocycles. The molecular formula is C34H43F5O8S2. The van der Waals surface area contributed by atoms with Crippen molar-refractivity contribution in [3.8, 4) is 17.2 Å². The van der Waals surface area contributed by atoms with E-state index in [4.69, 9.17) is 24.4 Å². The topological polar surface area (TPSA) is 119 Å². The molecule has 0 amide bonds. The van der Waals surface area contributed by atoms with E-state index in [9.17, 15) is 35.8 Å². The number of carboxylic acids is 2. The second kappa shape index (κ2) is 18.8. The molecule has 2 N–H and O–H groups in total. The molecule has 0 saturated carbocycles. The molecule has 3 rings (SSSR count). The molecule has 1 heterocycles. The first kappa shape index (κ1) is 40.4. The van der Waals surface area contributed by atoms with Crippen LogP contribution in [0.25, 0.3) is 0 Å². The standard InChI is InChI=1S/C34H43F5O8S2/c1-32(24-10-12-25(13-11-24)45-21-29(40)41)23-47-28-20-26(46-22-30(42)43)14-15-27(28)31(32)48-17-7-5-3-2-4-6-8-18-49(44)19-9-16-33(35,36)34(37,38)39/h10-15,20,31H,2-9,16-19,21-23H2,1H3,(H,40,41)(H,42,43). The van der Waals surface area contributed by atoms with E-state index in [-0.39, 0.29) is 11.0 Å². The highest BCUT2D eigenvalue weighted by atomic mass is 32.2. The summed E-state index contributed by atoms with van der Waals surface area (Å²) in [5.41, 5.74) is 1.50. The molecule has 15 heteroatoms. The molecule has 0 bridgehead atoms. The summed E-state index contributed by atoms with van der Waals surface area (Å²) in [6.45, 7) is 1.55. The molecule has 274 valence electrons. The lowest BCUT2D eigenvalue weighted by Crippen LogP contribution is -2.39. The summed E-state index contributed by atoms with van der Waals surface area (Å²) >= 11 is 1.80. The Morgan fingerprint density at radius 3 is 2.02 bits per heavy atom. The molecule has 0 saturated heterocycles. The maximum Gasteiger partial charge on any atom is 0.453 e. The number of hydrogen-bond donors (Lipinski definition) is 2. The predicted octanol–water partition coefficient (Wildman–Crippen LogP) is 8.20. The molecular weight excluding hydrogens is 695 g/mol. The fourth-order valence-electron chi connectivity index (χ4n) is 5.47. The summed E-state index contributed by atoms with van der Waals surface area (Å²) in [4.78, 5) is 21.8. The zero-order chi connectivity index (χ0) is 36.1. The van der Waals surface area contributed by atoms with E-state index in [1.807, 2.05) is 18.2 Å². The number of aliphatic carboxylic acids is 2. The van der Waals surface area contributed by atoms with Gasteiger partial charge in [0, 0.05) is 51.0 Å². The summed E-state index contributed by atoms with van der Waals surface area (Å²) in [5.74, 6) is -4.44. The summed E-state index contributed by atoms with van der Waals surface area (Å²) in [6.07, 6.45) is -1.06. The van der Waals surface area contributed by atoms with E-state index >= 15 is 0 Å². The molecule has 0 aliphatic carbocycles. The molecule has 0 fully saturated rings. The molecule has 49 heavy (non-hydrogen) atoms. The number of halogens is 5. The van der Waals surface area contributed by atoms with Crippen LogP contribution in [-0.4, -0.2) is 75.5 Å². The van der Waals surface area contributed by atoms with Gasteiger partial charge in [-0.25, -0.2) is 9.59 Å². The van der Waals surface area contributed by atoms with Crippen LogP contribution >= 0.6 is 11.8 Å². The number of benzene rings is 2. The van der Waals surface area contributed by atoms with Gasteiger partial charge < -0.3 is 24.4 Å². The molecule has 1 aliphatic heterocycles. The van der Waals surface area contributed by atoms with Crippen molar-refractivity contribution < 1.29 is 60.2 Å². The van der Waals surface area contributed by atoms with Gasteiger partial charge in [-0.1, -0.05) is 57.2 Å². The number of fused-ring (bicyclic) bond motifs is 1. The van der Waals surface area contributed by atoms with Gasteiger partial charge in [-0.3, -0.25) is 4.21 Å². The van der Waals surface area contributed by atoms with Gasteiger partial charge in [0.15, 0.2) is 13.2 Å². The molecule has 1 aliphatic rings. The fourth-order valence-corrected chi connectivity index (χ4v) is 8.22. The maximum atomic E-state index is 13.0. The summed E-state index contributed by atoms with van der Waals surface area (Å²) in [6, 6.07) is 12.6. The first-order valence-corrected chi connectivity index (χ1v) is 18.6. The number of ether oxygens (including phenoxy) is 3. The lowest BCUT2D eigenvalue weighted by Gasteiger charge is -2.42. The van der Waals surface area contributed by atoms with E-state index in [0.717, 1.165) is 55.4 Å². The van der Waals surface area contributed by atoms with E-state index in [1.165, 1.54) is 0 Å². The van der Waals surface area contributed by atoms with Crippen molar-refractivity contribution in [3.63, 3.8) is 0 Å². The van der Waals surface area contributed by atoms with E-state index in [2.05, 4.69) is 6.92 Å². The molecule has 2 aromatic rings. The van der Waals surface area contributed by atoms with E-state index < -0.39 is 66.3 Å². The van der Waals surface area contributed by atoms with Gasteiger partial charge >= 0.3 is 24.0 Å². The number of alkyl halides is 5. The first-order valence-electron chi connectivity index (χ1n) is 16.1. The highest BCUT2D eigenvalue weighted by Crippen LogP contribution is 2.53. The second-order valence-electron chi connectivity index (χ2n) is 12.2. The van der Waals surface area contributed by atoms with Crippen LogP contribution in [-0.2, 0) is 25.8 Å². The quantitative estimate of drug-likeness (QED) is 0.0911. The Morgan fingerprint density at radius 2 is 1.41 bits per heavy atom. The van der Waals surface area contributed by atoms with Crippen LogP contribution in [0.4, 0.5) is 22.0 Å². The molecule has 0 spiro atoms. The third-order valence-corrected chi connectivity index (χ3v) is 11.3.